The van der Waals surface area contributed by atoms with Crippen LogP contribution in [0.2, 0.25) is 0 Å². The van der Waals surface area contributed by atoms with Crippen molar-refractivity contribution >= 4 is 43.7 Å². The van der Waals surface area contributed by atoms with Gasteiger partial charge in [-0.25, -0.2) is 4.79 Å². The Balaban J connectivity index is 2.94. The first kappa shape index (κ1) is 15.2. The standard InChI is InChI=1S/C12H13Br2NO3/c1-6(2)10(12(17)18)15-11(16)8-5-7(13)3-4-9(8)14/h3-6,10H,1-2H3,(H,15,16)(H,17,18)/t10-/m0/s1. The molecule has 0 fully saturated rings. The summed E-state index contributed by atoms with van der Waals surface area (Å²) >= 11 is 6.54. The van der Waals surface area contributed by atoms with Crippen LogP contribution in [-0.4, -0.2) is 23.0 Å². The summed E-state index contributed by atoms with van der Waals surface area (Å²) in [6.45, 7) is 3.49. The van der Waals surface area contributed by atoms with Crippen LogP contribution < -0.4 is 5.32 Å². The number of nitrogens with one attached hydrogen (secondary N) is 1. The van der Waals surface area contributed by atoms with Gasteiger partial charge in [-0.1, -0.05) is 29.8 Å². The van der Waals surface area contributed by atoms with E-state index in [-0.39, 0.29) is 5.92 Å². The van der Waals surface area contributed by atoms with Gasteiger partial charge in [0.15, 0.2) is 0 Å². The van der Waals surface area contributed by atoms with Crippen molar-refractivity contribution in [2.75, 3.05) is 0 Å². The maximum atomic E-state index is 12.0. The molecule has 4 nitrogen and oxygen atoms in total. The highest BCUT2D eigenvalue weighted by Gasteiger charge is 2.24. The molecule has 0 radical (unpaired) electrons. The zero-order chi connectivity index (χ0) is 13.9. The van der Waals surface area contributed by atoms with Gasteiger partial charge in [-0.15, -0.1) is 0 Å². The zero-order valence-electron chi connectivity index (χ0n) is 9.91. The highest BCUT2D eigenvalue weighted by molar-refractivity contribution is 9.11. The first-order chi connectivity index (χ1) is 8.32. The molecular weight excluding hydrogens is 366 g/mol. The lowest BCUT2D eigenvalue weighted by atomic mass is 10.0. The third-order valence-electron chi connectivity index (χ3n) is 2.39. The molecule has 1 rings (SSSR count). The number of benzene rings is 1. The van der Waals surface area contributed by atoms with Gasteiger partial charge in [0.25, 0.3) is 5.91 Å². The third-order valence-corrected chi connectivity index (χ3v) is 3.58. The second-order valence-corrected chi connectivity index (χ2v) is 5.93. The Morgan fingerprint density at radius 3 is 2.39 bits per heavy atom. The van der Waals surface area contributed by atoms with Crippen LogP contribution in [0.1, 0.15) is 24.2 Å². The average molecular weight is 379 g/mol. The number of carboxylic acid groups (broad SMARTS) is 1. The summed E-state index contributed by atoms with van der Waals surface area (Å²) in [7, 11) is 0. The Bertz CT molecular complexity index is 474. The van der Waals surface area contributed by atoms with E-state index in [1.165, 1.54) is 0 Å². The van der Waals surface area contributed by atoms with E-state index in [1.54, 1.807) is 32.0 Å². The van der Waals surface area contributed by atoms with E-state index >= 15 is 0 Å². The van der Waals surface area contributed by atoms with Crippen LogP contribution in [0, 0.1) is 5.92 Å². The zero-order valence-corrected chi connectivity index (χ0v) is 13.1. The van der Waals surface area contributed by atoms with E-state index in [0.717, 1.165) is 4.47 Å². The number of carbonyl (C=O) groups is 2. The quantitative estimate of drug-likeness (QED) is 0.846. The minimum atomic E-state index is -1.04. The summed E-state index contributed by atoms with van der Waals surface area (Å²) in [4.78, 5) is 23.0. The lowest BCUT2D eigenvalue weighted by Gasteiger charge is -2.18. The molecule has 0 aliphatic rings. The normalized spacial score (nSPS) is 12.3. The monoisotopic (exact) mass is 377 g/mol. The second kappa shape index (κ2) is 6.33. The molecule has 98 valence electrons. The van der Waals surface area contributed by atoms with Crippen LogP contribution in [0.3, 0.4) is 0 Å². The Hall–Kier alpha value is -0.880. The number of hydrogen-bond donors (Lipinski definition) is 2. The maximum absolute atomic E-state index is 12.0. The number of halogens is 2. The number of hydrogen-bond acceptors (Lipinski definition) is 2. The molecule has 2 N–H and O–H groups in total. The summed E-state index contributed by atoms with van der Waals surface area (Å²) in [6, 6.07) is 4.25. The van der Waals surface area contributed by atoms with Crippen molar-refractivity contribution in [1.82, 2.24) is 5.32 Å². The van der Waals surface area contributed by atoms with E-state index in [4.69, 9.17) is 5.11 Å². The lowest BCUT2D eigenvalue weighted by Crippen LogP contribution is -2.44. The molecule has 1 aromatic rings. The summed E-state index contributed by atoms with van der Waals surface area (Å²) < 4.78 is 1.38. The predicted molar refractivity (Wildman–Crippen MR) is 75.6 cm³/mol. The van der Waals surface area contributed by atoms with E-state index in [2.05, 4.69) is 37.2 Å². The molecule has 0 saturated carbocycles. The minimum Gasteiger partial charge on any atom is -0.480 e. The van der Waals surface area contributed by atoms with Gasteiger partial charge in [-0.2, -0.15) is 0 Å². The largest absolute Gasteiger partial charge is 0.480 e. The summed E-state index contributed by atoms with van der Waals surface area (Å²) in [5, 5.41) is 11.5. The first-order valence-corrected chi connectivity index (χ1v) is 6.90. The van der Waals surface area contributed by atoms with Gasteiger partial charge in [0.05, 0.1) is 5.56 Å². The van der Waals surface area contributed by atoms with Gasteiger partial charge in [0, 0.05) is 8.95 Å². The Kier molecular flexibility index (Phi) is 5.34. The van der Waals surface area contributed by atoms with E-state index in [1.807, 2.05) is 0 Å². The van der Waals surface area contributed by atoms with Crippen molar-refractivity contribution in [3.8, 4) is 0 Å². The molecule has 6 heteroatoms. The van der Waals surface area contributed by atoms with E-state index < -0.39 is 17.9 Å². The van der Waals surface area contributed by atoms with Gasteiger partial charge < -0.3 is 10.4 Å². The molecule has 0 bridgehead atoms. The number of rotatable bonds is 4. The smallest absolute Gasteiger partial charge is 0.326 e. The fourth-order valence-corrected chi connectivity index (χ4v) is 2.19. The Morgan fingerprint density at radius 2 is 1.89 bits per heavy atom. The molecule has 1 amide bonds. The van der Waals surface area contributed by atoms with Crippen molar-refractivity contribution < 1.29 is 14.7 Å². The molecule has 0 aliphatic carbocycles. The second-order valence-electron chi connectivity index (χ2n) is 4.16. The molecule has 0 spiro atoms. The van der Waals surface area contributed by atoms with Crippen LogP contribution >= 0.6 is 31.9 Å². The number of amides is 1. The van der Waals surface area contributed by atoms with Crippen molar-refractivity contribution in [1.29, 1.82) is 0 Å². The predicted octanol–water partition coefficient (Wildman–Crippen LogP) is 3.05. The third kappa shape index (κ3) is 3.81. The van der Waals surface area contributed by atoms with Crippen LogP contribution in [0.5, 0.6) is 0 Å². The molecular formula is C12H13Br2NO3. The average Bonchev–Trinajstić information content (AvgIpc) is 2.28. The highest BCUT2D eigenvalue weighted by atomic mass is 79.9. The fourth-order valence-electron chi connectivity index (χ4n) is 1.40. The molecule has 0 aliphatic heterocycles. The molecule has 0 unspecified atom stereocenters. The summed E-state index contributed by atoms with van der Waals surface area (Å²) in [6.07, 6.45) is 0. The van der Waals surface area contributed by atoms with Gasteiger partial charge >= 0.3 is 5.97 Å². The number of carboxylic acids is 1. The van der Waals surface area contributed by atoms with Crippen molar-refractivity contribution in [3.63, 3.8) is 0 Å². The van der Waals surface area contributed by atoms with Crippen LogP contribution in [0.4, 0.5) is 0 Å². The van der Waals surface area contributed by atoms with Crippen LogP contribution in [0.25, 0.3) is 0 Å². The lowest BCUT2D eigenvalue weighted by molar-refractivity contribution is -0.140. The summed E-state index contributed by atoms with van der Waals surface area (Å²) in [5.41, 5.74) is 0.399. The van der Waals surface area contributed by atoms with Gasteiger partial charge in [-0.3, -0.25) is 4.79 Å². The van der Waals surface area contributed by atoms with Gasteiger partial charge in [0.1, 0.15) is 6.04 Å². The molecule has 0 saturated heterocycles. The first-order valence-electron chi connectivity index (χ1n) is 5.31. The minimum absolute atomic E-state index is 0.183. The SMILES string of the molecule is CC(C)[C@H](NC(=O)c1cc(Br)ccc1Br)C(=O)O. The van der Waals surface area contributed by atoms with E-state index in [9.17, 15) is 9.59 Å². The number of carbonyl (C=O) groups excluding carboxylic acids is 1. The van der Waals surface area contributed by atoms with Crippen molar-refractivity contribution in [2.24, 2.45) is 5.92 Å². The fraction of sp³-hybridized carbons (Fsp3) is 0.333. The van der Waals surface area contributed by atoms with Crippen LogP contribution in [-0.2, 0) is 4.79 Å². The Labute approximate surface area is 122 Å². The van der Waals surface area contributed by atoms with Gasteiger partial charge in [-0.05, 0) is 40.0 Å². The topological polar surface area (TPSA) is 66.4 Å². The maximum Gasteiger partial charge on any atom is 0.326 e. The molecule has 1 aromatic carbocycles. The number of aliphatic carboxylic acids is 1. The van der Waals surface area contributed by atoms with Gasteiger partial charge in [0.2, 0.25) is 0 Å². The highest BCUT2D eigenvalue weighted by Crippen LogP contribution is 2.21. The van der Waals surface area contributed by atoms with Crippen molar-refractivity contribution in [3.05, 3.63) is 32.7 Å². The van der Waals surface area contributed by atoms with E-state index in [0.29, 0.717) is 10.0 Å². The molecule has 0 heterocycles. The molecule has 1 atom stereocenters. The Morgan fingerprint density at radius 1 is 1.28 bits per heavy atom. The van der Waals surface area contributed by atoms with Crippen molar-refractivity contribution in [2.45, 2.75) is 19.9 Å². The molecule has 18 heavy (non-hydrogen) atoms. The molecule has 0 aromatic heterocycles. The summed E-state index contributed by atoms with van der Waals surface area (Å²) in [5.74, 6) is -1.63. The van der Waals surface area contributed by atoms with Crippen LogP contribution in [0.15, 0.2) is 27.1 Å².